The van der Waals surface area contributed by atoms with Crippen LogP contribution in [0.3, 0.4) is 0 Å². The maximum atomic E-state index is 13.1. The Labute approximate surface area is 113 Å². The molecule has 1 unspecified atom stereocenters. The Morgan fingerprint density at radius 1 is 1.32 bits per heavy atom. The molecule has 0 amide bonds. The molecule has 1 aromatic carbocycles. The van der Waals surface area contributed by atoms with Crippen LogP contribution in [-0.4, -0.2) is 17.5 Å². The van der Waals surface area contributed by atoms with Gasteiger partial charge in [-0.3, -0.25) is 0 Å². The van der Waals surface area contributed by atoms with E-state index in [0.29, 0.717) is 18.2 Å². The quantitative estimate of drug-likeness (QED) is 0.850. The number of rotatable bonds is 3. The van der Waals surface area contributed by atoms with Crippen molar-refractivity contribution in [2.75, 3.05) is 11.5 Å². The van der Waals surface area contributed by atoms with Gasteiger partial charge in [0.05, 0.1) is 5.56 Å². The fourth-order valence-corrected chi connectivity index (χ4v) is 3.17. The highest BCUT2D eigenvalue weighted by Crippen LogP contribution is 2.31. The van der Waals surface area contributed by atoms with Crippen molar-refractivity contribution in [2.24, 2.45) is 0 Å². The van der Waals surface area contributed by atoms with Crippen LogP contribution in [0, 0.1) is 5.82 Å². The molecule has 106 valence electrons. The number of nitrogens with one attached hydrogen (secondary N) is 1. The Balaban J connectivity index is 2.00. The normalized spacial score (nSPS) is 20.5. The van der Waals surface area contributed by atoms with Gasteiger partial charge >= 0.3 is 6.18 Å². The molecule has 1 aromatic rings. The topological polar surface area (TPSA) is 12.0 Å². The minimum atomic E-state index is -4.64. The van der Waals surface area contributed by atoms with Gasteiger partial charge in [-0.2, -0.15) is 24.9 Å². The number of thioether (sulfide) groups is 1. The summed E-state index contributed by atoms with van der Waals surface area (Å²) in [5.74, 6) is 0.907. The Morgan fingerprint density at radius 2 is 2.11 bits per heavy atom. The first-order chi connectivity index (χ1) is 8.97. The Bertz CT molecular complexity index is 427. The first-order valence-corrected chi connectivity index (χ1v) is 7.29. The average molecular weight is 293 g/mol. The molecule has 1 fully saturated rings. The molecule has 1 aliphatic heterocycles. The van der Waals surface area contributed by atoms with Crippen molar-refractivity contribution < 1.29 is 17.6 Å². The molecule has 0 radical (unpaired) electrons. The van der Waals surface area contributed by atoms with Gasteiger partial charge in [0, 0.05) is 18.3 Å². The van der Waals surface area contributed by atoms with Crippen LogP contribution in [0.5, 0.6) is 0 Å². The molecule has 1 nitrogen and oxygen atoms in total. The lowest BCUT2D eigenvalue weighted by atomic mass is 10.1. The summed E-state index contributed by atoms with van der Waals surface area (Å²) in [6, 6.07) is 3.50. The van der Waals surface area contributed by atoms with Crippen molar-refractivity contribution in [3.8, 4) is 0 Å². The van der Waals surface area contributed by atoms with E-state index in [1.165, 1.54) is 6.07 Å². The van der Waals surface area contributed by atoms with E-state index in [9.17, 15) is 17.6 Å². The third-order valence-corrected chi connectivity index (χ3v) is 4.31. The van der Waals surface area contributed by atoms with Gasteiger partial charge in [-0.15, -0.1) is 0 Å². The summed E-state index contributed by atoms with van der Waals surface area (Å²) < 4.78 is 50.8. The van der Waals surface area contributed by atoms with E-state index in [4.69, 9.17) is 0 Å². The van der Waals surface area contributed by atoms with Crippen LogP contribution < -0.4 is 5.32 Å². The predicted octanol–water partition coefficient (Wildman–Crippen LogP) is 3.83. The molecular formula is C13H15F4NS. The molecule has 0 aliphatic carbocycles. The Kier molecular flexibility index (Phi) is 4.73. The van der Waals surface area contributed by atoms with Crippen LogP contribution in [0.15, 0.2) is 18.2 Å². The molecule has 1 N–H and O–H groups in total. The average Bonchev–Trinajstić information content (AvgIpc) is 2.37. The van der Waals surface area contributed by atoms with Crippen LogP contribution in [0.4, 0.5) is 17.6 Å². The highest BCUT2D eigenvalue weighted by atomic mass is 32.2. The highest BCUT2D eigenvalue weighted by molar-refractivity contribution is 7.99. The second-order valence-electron chi connectivity index (χ2n) is 4.61. The van der Waals surface area contributed by atoms with Crippen LogP contribution in [0.1, 0.15) is 24.0 Å². The Morgan fingerprint density at radius 3 is 2.74 bits per heavy atom. The zero-order valence-electron chi connectivity index (χ0n) is 10.3. The summed E-state index contributed by atoms with van der Waals surface area (Å²) >= 11 is 1.85. The largest absolute Gasteiger partial charge is 0.419 e. The summed E-state index contributed by atoms with van der Waals surface area (Å²) in [6.45, 7) is 0.342. The van der Waals surface area contributed by atoms with Crippen LogP contribution in [0.25, 0.3) is 0 Å². The number of hydrogen-bond acceptors (Lipinski definition) is 2. The van der Waals surface area contributed by atoms with Crippen molar-refractivity contribution in [3.05, 3.63) is 35.1 Å². The molecule has 0 spiro atoms. The zero-order chi connectivity index (χ0) is 13.9. The third-order valence-electron chi connectivity index (χ3n) is 3.09. The Hall–Kier alpha value is -0.750. The lowest BCUT2D eigenvalue weighted by Crippen LogP contribution is -2.33. The number of hydrogen-bond donors (Lipinski definition) is 1. The first kappa shape index (κ1) is 14.7. The summed E-state index contributed by atoms with van der Waals surface area (Å²) in [6.07, 6.45) is -2.47. The fourth-order valence-electron chi connectivity index (χ4n) is 2.06. The van der Waals surface area contributed by atoms with Gasteiger partial charge in [0.1, 0.15) is 5.82 Å². The van der Waals surface area contributed by atoms with Crippen molar-refractivity contribution in [1.82, 2.24) is 5.32 Å². The van der Waals surface area contributed by atoms with Gasteiger partial charge in [-0.25, -0.2) is 4.39 Å². The standard InChI is InChI=1S/C13H15F4NS/c14-12-4-3-9(6-11(12)13(15,16)17)7-18-10-2-1-5-19-8-10/h3-4,6,10,18H,1-2,5,7-8H2. The lowest BCUT2D eigenvalue weighted by Gasteiger charge is -2.22. The van der Waals surface area contributed by atoms with Crippen molar-refractivity contribution in [1.29, 1.82) is 0 Å². The summed E-state index contributed by atoms with van der Waals surface area (Å²) in [4.78, 5) is 0. The highest BCUT2D eigenvalue weighted by Gasteiger charge is 2.34. The van der Waals surface area contributed by atoms with Crippen LogP contribution in [0.2, 0.25) is 0 Å². The molecular weight excluding hydrogens is 278 g/mol. The number of benzene rings is 1. The summed E-state index contributed by atoms with van der Waals surface area (Å²) in [5.41, 5.74) is -0.728. The van der Waals surface area contributed by atoms with Crippen LogP contribution >= 0.6 is 11.8 Å². The van der Waals surface area contributed by atoms with E-state index in [-0.39, 0.29) is 0 Å². The number of alkyl halides is 3. The second kappa shape index (κ2) is 6.13. The predicted molar refractivity (Wildman–Crippen MR) is 68.6 cm³/mol. The molecule has 0 bridgehead atoms. The van der Waals surface area contributed by atoms with Crippen molar-refractivity contribution in [2.45, 2.75) is 31.6 Å². The molecule has 0 aromatic heterocycles. The van der Waals surface area contributed by atoms with E-state index < -0.39 is 17.6 Å². The van der Waals surface area contributed by atoms with Gasteiger partial charge in [-0.1, -0.05) is 6.07 Å². The number of halogens is 4. The molecule has 1 aliphatic rings. The van der Waals surface area contributed by atoms with Crippen LogP contribution in [-0.2, 0) is 12.7 Å². The van der Waals surface area contributed by atoms with Gasteiger partial charge in [0.25, 0.3) is 0 Å². The van der Waals surface area contributed by atoms with E-state index >= 15 is 0 Å². The van der Waals surface area contributed by atoms with Crippen molar-refractivity contribution >= 4 is 11.8 Å². The smallest absolute Gasteiger partial charge is 0.309 e. The van der Waals surface area contributed by atoms with Gasteiger partial charge in [0.2, 0.25) is 0 Å². The van der Waals surface area contributed by atoms with E-state index in [0.717, 1.165) is 36.5 Å². The van der Waals surface area contributed by atoms with Gasteiger partial charge in [0.15, 0.2) is 0 Å². The second-order valence-corrected chi connectivity index (χ2v) is 5.76. The molecule has 1 saturated heterocycles. The van der Waals surface area contributed by atoms with E-state index in [2.05, 4.69) is 5.32 Å². The molecule has 1 heterocycles. The van der Waals surface area contributed by atoms with Crippen molar-refractivity contribution in [3.63, 3.8) is 0 Å². The fraction of sp³-hybridized carbons (Fsp3) is 0.538. The first-order valence-electron chi connectivity index (χ1n) is 6.13. The van der Waals surface area contributed by atoms with E-state index in [1.807, 2.05) is 11.8 Å². The maximum Gasteiger partial charge on any atom is 0.419 e. The molecule has 1 atom stereocenters. The minimum absolute atomic E-state index is 0.332. The molecule has 6 heteroatoms. The van der Waals surface area contributed by atoms with E-state index in [1.54, 1.807) is 0 Å². The monoisotopic (exact) mass is 293 g/mol. The summed E-state index contributed by atoms with van der Waals surface area (Å²) in [7, 11) is 0. The molecule has 0 saturated carbocycles. The molecule has 19 heavy (non-hydrogen) atoms. The summed E-state index contributed by atoms with van der Waals surface area (Å²) in [5, 5.41) is 3.23. The third kappa shape index (κ3) is 4.11. The lowest BCUT2D eigenvalue weighted by molar-refractivity contribution is -0.140. The van der Waals surface area contributed by atoms with Gasteiger partial charge < -0.3 is 5.32 Å². The SMILES string of the molecule is Fc1ccc(CNC2CCCSC2)cc1C(F)(F)F. The zero-order valence-corrected chi connectivity index (χ0v) is 11.1. The van der Waals surface area contributed by atoms with Gasteiger partial charge in [-0.05, 0) is 36.3 Å². The minimum Gasteiger partial charge on any atom is -0.309 e. The maximum absolute atomic E-state index is 13.1. The molecule has 2 rings (SSSR count).